The summed E-state index contributed by atoms with van der Waals surface area (Å²) in [7, 11) is 0. The topological polar surface area (TPSA) is 55.1 Å². The van der Waals surface area contributed by atoms with E-state index in [9.17, 15) is 4.79 Å². The first-order valence-corrected chi connectivity index (χ1v) is 6.92. The van der Waals surface area contributed by atoms with Crippen LogP contribution < -0.4 is 10.9 Å². The maximum absolute atomic E-state index is 12.0. The zero-order valence-corrected chi connectivity index (χ0v) is 11.8. The van der Waals surface area contributed by atoms with Crippen LogP contribution in [-0.2, 0) is 6.42 Å². The van der Waals surface area contributed by atoms with E-state index in [0.29, 0.717) is 17.4 Å². The van der Waals surface area contributed by atoms with Crippen molar-refractivity contribution in [2.45, 2.75) is 13.3 Å². The molecule has 1 heterocycles. The molecule has 4 nitrogen and oxygen atoms in total. The van der Waals surface area contributed by atoms with Crippen molar-refractivity contribution < 1.29 is 4.42 Å². The lowest BCUT2D eigenvalue weighted by atomic mass is 10.1. The molecule has 0 radical (unpaired) electrons. The molecule has 1 N–H and O–H groups in total. The van der Waals surface area contributed by atoms with E-state index in [1.807, 2.05) is 43.3 Å². The monoisotopic (exact) mass is 280 g/mol. The molecule has 0 atom stereocenters. The van der Waals surface area contributed by atoms with Crippen LogP contribution in [0.15, 0.2) is 57.7 Å². The molecule has 0 unspecified atom stereocenters. The summed E-state index contributed by atoms with van der Waals surface area (Å²) in [5, 5.41) is 3.62. The molecule has 0 spiro atoms. The molecule has 0 bridgehead atoms. The summed E-state index contributed by atoms with van der Waals surface area (Å²) in [6.45, 7) is 2.54. The van der Waals surface area contributed by atoms with Gasteiger partial charge in [0, 0.05) is 6.54 Å². The molecule has 0 saturated carbocycles. The van der Waals surface area contributed by atoms with E-state index >= 15 is 0 Å². The van der Waals surface area contributed by atoms with Crippen LogP contribution in [0.25, 0.3) is 10.9 Å². The predicted molar refractivity (Wildman–Crippen MR) is 83.7 cm³/mol. The molecule has 3 aromatic rings. The Kier molecular flexibility index (Phi) is 3.69. The third-order valence-corrected chi connectivity index (χ3v) is 3.40. The van der Waals surface area contributed by atoms with Gasteiger partial charge >= 0.3 is 5.63 Å². The van der Waals surface area contributed by atoms with Gasteiger partial charge in [0.25, 0.3) is 6.01 Å². The number of anilines is 1. The van der Waals surface area contributed by atoms with Gasteiger partial charge in [0.05, 0.1) is 10.9 Å². The van der Waals surface area contributed by atoms with Crippen molar-refractivity contribution >= 4 is 16.9 Å². The number of nitrogens with one attached hydrogen (secondary N) is 1. The molecule has 0 fully saturated rings. The van der Waals surface area contributed by atoms with Crippen molar-refractivity contribution in [2.24, 2.45) is 0 Å². The van der Waals surface area contributed by atoms with Crippen molar-refractivity contribution in [3.63, 3.8) is 0 Å². The number of benzene rings is 2. The highest BCUT2D eigenvalue weighted by atomic mass is 16.4. The minimum atomic E-state index is -0.347. The molecular formula is C17H16N2O2. The normalized spacial score (nSPS) is 10.7. The van der Waals surface area contributed by atoms with Crippen LogP contribution in [0.1, 0.15) is 11.1 Å². The van der Waals surface area contributed by atoms with Crippen molar-refractivity contribution in [3.05, 3.63) is 70.1 Å². The summed E-state index contributed by atoms with van der Waals surface area (Å²) < 4.78 is 5.23. The molecule has 21 heavy (non-hydrogen) atoms. The number of rotatable bonds is 4. The molecule has 1 aromatic heterocycles. The lowest BCUT2D eigenvalue weighted by Crippen LogP contribution is -2.11. The van der Waals surface area contributed by atoms with E-state index in [1.165, 1.54) is 5.56 Å². The number of aryl methyl sites for hydroxylation is 1. The summed E-state index contributed by atoms with van der Waals surface area (Å²) in [5.41, 5.74) is 2.42. The molecule has 0 amide bonds. The third kappa shape index (κ3) is 2.94. The van der Waals surface area contributed by atoms with Crippen LogP contribution in [0.5, 0.6) is 0 Å². The Labute approximate surface area is 122 Å². The van der Waals surface area contributed by atoms with E-state index < -0.39 is 0 Å². The zero-order valence-electron chi connectivity index (χ0n) is 11.8. The molecule has 2 aromatic carbocycles. The van der Waals surface area contributed by atoms with Crippen LogP contribution >= 0.6 is 0 Å². The van der Waals surface area contributed by atoms with Crippen LogP contribution in [0, 0.1) is 6.92 Å². The first kappa shape index (κ1) is 13.4. The van der Waals surface area contributed by atoms with Crippen molar-refractivity contribution in [1.82, 2.24) is 4.98 Å². The van der Waals surface area contributed by atoms with E-state index in [0.717, 1.165) is 12.0 Å². The van der Waals surface area contributed by atoms with Crippen molar-refractivity contribution in [2.75, 3.05) is 11.9 Å². The summed E-state index contributed by atoms with van der Waals surface area (Å²) >= 11 is 0. The Balaban J connectivity index is 1.77. The SMILES string of the molecule is Cc1cccc2nc(NCCc3ccccc3)oc(=O)c12. The predicted octanol–water partition coefficient (Wildman–Crippen LogP) is 3.15. The Bertz CT molecular complexity index is 810. The van der Waals surface area contributed by atoms with Gasteiger partial charge in [-0.15, -0.1) is 0 Å². The second kappa shape index (κ2) is 5.79. The van der Waals surface area contributed by atoms with Gasteiger partial charge in [-0.05, 0) is 30.5 Å². The molecular weight excluding hydrogens is 264 g/mol. The fourth-order valence-corrected chi connectivity index (χ4v) is 2.32. The van der Waals surface area contributed by atoms with Crippen LogP contribution in [-0.4, -0.2) is 11.5 Å². The van der Waals surface area contributed by atoms with Gasteiger partial charge in [-0.2, -0.15) is 4.98 Å². The molecule has 106 valence electrons. The molecule has 0 saturated heterocycles. The summed E-state index contributed by atoms with van der Waals surface area (Å²) in [6, 6.07) is 16.0. The first-order chi connectivity index (χ1) is 10.2. The Morgan fingerprint density at radius 2 is 1.90 bits per heavy atom. The fraction of sp³-hybridized carbons (Fsp3) is 0.176. The lowest BCUT2D eigenvalue weighted by Gasteiger charge is -2.06. The maximum atomic E-state index is 12.0. The molecule has 3 rings (SSSR count). The van der Waals surface area contributed by atoms with E-state index in [-0.39, 0.29) is 11.6 Å². The van der Waals surface area contributed by atoms with Crippen LogP contribution in [0.4, 0.5) is 6.01 Å². The minimum absolute atomic E-state index is 0.272. The highest BCUT2D eigenvalue weighted by Crippen LogP contribution is 2.14. The van der Waals surface area contributed by atoms with E-state index in [4.69, 9.17) is 4.42 Å². The number of hydrogen-bond donors (Lipinski definition) is 1. The molecule has 0 aliphatic rings. The third-order valence-electron chi connectivity index (χ3n) is 3.40. The first-order valence-electron chi connectivity index (χ1n) is 6.92. The van der Waals surface area contributed by atoms with Gasteiger partial charge in [0.1, 0.15) is 0 Å². The van der Waals surface area contributed by atoms with Crippen LogP contribution in [0.3, 0.4) is 0 Å². The smallest absolute Gasteiger partial charge is 0.348 e. The lowest BCUT2D eigenvalue weighted by molar-refractivity contribution is 0.516. The zero-order chi connectivity index (χ0) is 14.7. The average Bonchev–Trinajstić information content (AvgIpc) is 2.48. The molecule has 0 aliphatic carbocycles. The van der Waals surface area contributed by atoms with Gasteiger partial charge in [-0.1, -0.05) is 42.5 Å². The fourth-order valence-electron chi connectivity index (χ4n) is 2.32. The van der Waals surface area contributed by atoms with Gasteiger partial charge in [0.2, 0.25) is 0 Å². The number of hydrogen-bond acceptors (Lipinski definition) is 4. The highest BCUT2D eigenvalue weighted by molar-refractivity contribution is 5.81. The van der Waals surface area contributed by atoms with Crippen molar-refractivity contribution in [1.29, 1.82) is 0 Å². The van der Waals surface area contributed by atoms with Crippen LogP contribution in [0.2, 0.25) is 0 Å². The Morgan fingerprint density at radius 1 is 1.10 bits per heavy atom. The molecule has 0 aliphatic heterocycles. The Hall–Kier alpha value is -2.62. The maximum Gasteiger partial charge on any atom is 0.348 e. The Morgan fingerprint density at radius 3 is 2.71 bits per heavy atom. The summed E-state index contributed by atoms with van der Waals surface area (Å²) in [5.74, 6) is 0. The quantitative estimate of drug-likeness (QED) is 0.797. The summed E-state index contributed by atoms with van der Waals surface area (Å²) in [6.07, 6.45) is 0.845. The minimum Gasteiger partial charge on any atom is -0.389 e. The number of nitrogens with zero attached hydrogens (tertiary/aromatic N) is 1. The second-order valence-electron chi connectivity index (χ2n) is 4.94. The van der Waals surface area contributed by atoms with Gasteiger partial charge < -0.3 is 9.73 Å². The summed E-state index contributed by atoms with van der Waals surface area (Å²) in [4.78, 5) is 16.4. The largest absolute Gasteiger partial charge is 0.389 e. The van der Waals surface area contributed by atoms with Gasteiger partial charge in [-0.25, -0.2) is 4.79 Å². The van der Waals surface area contributed by atoms with Gasteiger partial charge in [0.15, 0.2) is 0 Å². The number of fused-ring (bicyclic) bond motifs is 1. The van der Waals surface area contributed by atoms with E-state index in [2.05, 4.69) is 22.4 Å². The average molecular weight is 280 g/mol. The van der Waals surface area contributed by atoms with Crippen molar-refractivity contribution in [3.8, 4) is 0 Å². The standard InChI is InChI=1S/C17H16N2O2/c1-12-6-5-9-14-15(12)16(20)21-17(19-14)18-11-10-13-7-3-2-4-8-13/h2-9H,10-11H2,1H3,(H,18,19). The van der Waals surface area contributed by atoms with E-state index in [1.54, 1.807) is 0 Å². The van der Waals surface area contributed by atoms with Gasteiger partial charge in [-0.3, -0.25) is 0 Å². The second-order valence-corrected chi connectivity index (χ2v) is 4.94. The number of aromatic nitrogens is 1. The highest BCUT2D eigenvalue weighted by Gasteiger charge is 2.07. The molecule has 4 heteroatoms.